The monoisotopic (exact) mass is 274 g/mol. The van der Waals surface area contributed by atoms with Gasteiger partial charge in [0.1, 0.15) is 5.82 Å². The molecular weight excluding hydrogens is 263 g/mol. The lowest BCUT2D eigenvalue weighted by atomic mass is 10.2. The lowest BCUT2D eigenvalue weighted by molar-refractivity contribution is 0.679. The molecule has 0 amide bonds. The molecule has 4 heteroatoms. The molecule has 14 heavy (non-hydrogen) atoms. The van der Waals surface area contributed by atoms with Gasteiger partial charge in [0.25, 0.3) is 0 Å². The van der Waals surface area contributed by atoms with Crippen molar-refractivity contribution < 1.29 is 0 Å². The van der Waals surface area contributed by atoms with E-state index >= 15 is 0 Å². The summed E-state index contributed by atoms with van der Waals surface area (Å²) >= 11 is 9.73. The van der Waals surface area contributed by atoms with Crippen LogP contribution in [0.15, 0.2) is 18.3 Å². The molecule has 2 rings (SSSR count). The number of anilines is 1. The Labute approximate surface area is 97.4 Å². The van der Waals surface area contributed by atoms with Crippen LogP contribution in [0.1, 0.15) is 6.92 Å². The minimum absolute atomic E-state index is 0.542. The average Bonchev–Trinajstić information content (AvgIpc) is 2.48. The standard InChI is InChI=1S/C10H12BrClN2/c1-7-5-14(6-8(7)11)10-9(12)3-2-4-13-10/h2-4,7-8H,5-6H2,1H3. The molecule has 0 saturated carbocycles. The molecule has 0 radical (unpaired) electrons. The maximum atomic E-state index is 6.08. The second kappa shape index (κ2) is 4.07. The molecule has 2 unspecified atom stereocenters. The number of aromatic nitrogens is 1. The number of hydrogen-bond donors (Lipinski definition) is 0. The van der Waals surface area contributed by atoms with E-state index in [0.717, 1.165) is 23.9 Å². The highest BCUT2D eigenvalue weighted by Crippen LogP contribution is 2.30. The van der Waals surface area contributed by atoms with Gasteiger partial charge in [-0.2, -0.15) is 0 Å². The Morgan fingerprint density at radius 1 is 1.57 bits per heavy atom. The molecule has 1 saturated heterocycles. The molecule has 0 aromatic carbocycles. The first-order chi connectivity index (χ1) is 6.68. The highest BCUT2D eigenvalue weighted by Gasteiger charge is 2.29. The lowest BCUT2D eigenvalue weighted by Gasteiger charge is -2.17. The maximum Gasteiger partial charge on any atom is 0.147 e. The van der Waals surface area contributed by atoms with Gasteiger partial charge in [-0.15, -0.1) is 0 Å². The van der Waals surface area contributed by atoms with Crippen molar-refractivity contribution in [3.63, 3.8) is 0 Å². The van der Waals surface area contributed by atoms with Crippen LogP contribution < -0.4 is 4.90 Å². The van der Waals surface area contributed by atoms with Crippen molar-refractivity contribution >= 4 is 33.3 Å². The quantitative estimate of drug-likeness (QED) is 0.733. The predicted molar refractivity (Wildman–Crippen MR) is 63.3 cm³/mol. The summed E-state index contributed by atoms with van der Waals surface area (Å²) in [6.07, 6.45) is 1.79. The smallest absolute Gasteiger partial charge is 0.147 e. The van der Waals surface area contributed by atoms with Gasteiger partial charge in [-0.3, -0.25) is 0 Å². The molecular formula is C10H12BrClN2. The summed E-state index contributed by atoms with van der Waals surface area (Å²) in [5, 5.41) is 0.737. The van der Waals surface area contributed by atoms with Crippen molar-refractivity contribution in [1.29, 1.82) is 0 Å². The fourth-order valence-electron chi connectivity index (χ4n) is 1.71. The highest BCUT2D eigenvalue weighted by atomic mass is 79.9. The third-order valence-corrected chi connectivity index (χ3v) is 4.05. The van der Waals surface area contributed by atoms with Crippen molar-refractivity contribution in [2.75, 3.05) is 18.0 Å². The van der Waals surface area contributed by atoms with Crippen molar-refractivity contribution in [2.45, 2.75) is 11.8 Å². The molecule has 2 atom stereocenters. The zero-order valence-electron chi connectivity index (χ0n) is 7.95. The van der Waals surface area contributed by atoms with Crippen LogP contribution in [0.2, 0.25) is 5.02 Å². The number of nitrogens with zero attached hydrogens (tertiary/aromatic N) is 2. The van der Waals surface area contributed by atoms with E-state index in [1.807, 2.05) is 12.1 Å². The van der Waals surface area contributed by atoms with E-state index in [2.05, 4.69) is 32.7 Å². The van der Waals surface area contributed by atoms with Gasteiger partial charge >= 0.3 is 0 Å². The van der Waals surface area contributed by atoms with Gasteiger partial charge in [0.05, 0.1) is 5.02 Å². The van der Waals surface area contributed by atoms with Crippen molar-refractivity contribution in [3.05, 3.63) is 23.4 Å². The van der Waals surface area contributed by atoms with Crippen LogP contribution in [0.25, 0.3) is 0 Å². The number of alkyl halides is 1. The zero-order chi connectivity index (χ0) is 10.1. The zero-order valence-corrected chi connectivity index (χ0v) is 10.3. The van der Waals surface area contributed by atoms with Gasteiger partial charge in [-0.05, 0) is 18.1 Å². The number of halogens is 2. The second-order valence-corrected chi connectivity index (χ2v) is 5.29. The number of rotatable bonds is 1. The van der Waals surface area contributed by atoms with E-state index in [1.54, 1.807) is 6.20 Å². The third kappa shape index (κ3) is 1.89. The molecule has 0 spiro atoms. The van der Waals surface area contributed by atoms with Gasteiger partial charge in [0.2, 0.25) is 0 Å². The summed E-state index contributed by atoms with van der Waals surface area (Å²) < 4.78 is 0. The summed E-state index contributed by atoms with van der Waals surface area (Å²) in [5.41, 5.74) is 0. The van der Waals surface area contributed by atoms with Crippen LogP contribution in [0.3, 0.4) is 0 Å². The van der Waals surface area contributed by atoms with Crippen LogP contribution in [-0.4, -0.2) is 22.9 Å². The van der Waals surface area contributed by atoms with Crippen LogP contribution in [-0.2, 0) is 0 Å². The summed E-state index contributed by atoms with van der Waals surface area (Å²) in [5.74, 6) is 1.55. The van der Waals surface area contributed by atoms with E-state index in [0.29, 0.717) is 10.7 Å². The summed E-state index contributed by atoms with van der Waals surface area (Å²) in [6, 6.07) is 3.74. The maximum absolute atomic E-state index is 6.08. The van der Waals surface area contributed by atoms with E-state index in [4.69, 9.17) is 11.6 Å². The van der Waals surface area contributed by atoms with E-state index < -0.39 is 0 Å². The molecule has 1 aliphatic heterocycles. The van der Waals surface area contributed by atoms with Crippen LogP contribution in [0, 0.1) is 5.92 Å². The van der Waals surface area contributed by atoms with Gasteiger partial charge in [0.15, 0.2) is 0 Å². The van der Waals surface area contributed by atoms with Crippen LogP contribution in [0.4, 0.5) is 5.82 Å². The first-order valence-corrected chi connectivity index (χ1v) is 5.97. The van der Waals surface area contributed by atoms with Crippen LogP contribution >= 0.6 is 27.5 Å². The average molecular weight is 276 g/mol. The summed E-state index contributed by atoms with van der Waals surface area (Å²) in [4.78, 5) is 7.07. The SMILES string of the molecule is CC1CN(c2ncccc2Cl)CC1Br. The Morgan fingerprint density at radius 2 is 2.36 bits per heavy atom. The first-order valence-electron chi connectivity index (χ1n) is 4.68. The lowest BCUT2D eigenvalue weighted by Crippen LogP contribution is -2.21. The number of pyridine rings is 1. The molecule has 0 N–H and O–H groups in total. The van der Waals surface area contributed by atoms with Crippen molar-refractivity contribution in [3.8, 4) is 0 Å². The molecule has 0 bridgehead atoms. The minimum atomic E-state index is 0.542. The van der Waals surface area contributed by atoms with Gasteiger partial charge < -0.3 is 4.90 Å². The van der Waals surface area contributed by atoms with Crippen molar-refractivity contribution in [1.82, 2.24) is 4.98 Å². The third-order valence-electron chi connectivity index (χ3n) is 2.56. The Balaban J connectivity index is 2.21. The molecule has 0 aliphatic carbocycles. The van der Waals surface area contributed by atoms with Gasteiger partial charge in [0, 0.05) is 24.1 Å². The molecule has 1 aromatic rings. The molecule has 1 fully saturated rings. The molecule has 76 valence electrons. The Kier molecular flexibility index (Phi) is 2.98. The summed E-state index contributed by atoms with van der Waals surface area (Å²) in [7, 11) is 0. The second-order valence-electron chi connectivity index (χ2n) is 3.71. The van der Waals surface area contributed by atoms with Gasteiger partial charge in [-0.25, -0.2) is 4.98 Å². The van der Waals surface area contributed by atoms with Crippen molar-refractivity contribution in [2.24, 2.45) is 5.92 Å². The highest BCUT2D eigenvalue weighted by molar-refractivity contribution is 9.09. The summed E-state index contributed by atoms with van der Waals surface area (Å²) in [6.45, 7) is 4.24. The fourth-order valence-corrected chi connectivity index (χ4v) is 2.47. The fraction of sp³-hybridized carbons (Fsp3) is 0.500. The Hall–Kier alpha value is -0.280. The molecule has 2 nitrogen and oxygen atoms in total. The largest absolute Gasteiger partial charge is 0.354 e. The number of hydrogen-bond acceptors (Lipinski definition) is 2. The topological polar surface area (TPSA) is 16.1 Å². The molecule has 1 aliphatic rings. The van der Waals surface area contributed by atoms with Gasteiger partial charge in [-0.1, -0.05) is 34.5 Å². The Morgan fingerprint density at radius 3 is 2.93 bits per heavy atom. The first kappa shape index (κ1) is 10.2. The normalized spacial score (nSPS) is 26.9. The van der Waals surface area contributed by atoms with Crippen LogP contribution in [0.5, 0.6) is 0 Å². The van der Waals surface area contributed by atoms with E-state index in [1.165, 1.54) is 0 Å². The molecule has 1 aromatic heterocycles. The molecule has 2 heterocycles. The Bertz CT molecular complexity index is 322. The van der Waals surface area contributed by atoms with E-state index in [-0.39, 0.29) is 0 Å². The predicted octanol–water partition coefficient (Wildman–Crippen LogP) is 2.95. The minimum Gasteiger partial charge on any atom is -0.354 e. The van der Waals surface area contributed by atoms with E-state index in [9.17, 15) is 0 Å².